The number of nitrogens with two attached hydrogens (primary N) is 1. The van der Waals surface area contributed by atoms with Crippen LogP contribution in [0.4, 0.5) is 11.6 Å². The lowest BCUT2D eigenvalue weighted by Gasteiger charge is -2.34. The zero-order chi connectivity index (χ0) is 15.2. The Labute approximate surface area is 126 Å². The van der Waals surface area contributed by atoms with Crippen molar-refractivity contribution in [3.63, 3.8) is 0 Å². The maximum Gasteiger partial charge on any atom is 0.240 e. The Hall–Kier alpha value is -1.85. The number of hydrogen-bond donors (Lipinski definition) is 2. The molecule has 21 heavy (non-hydrogen) atoms. The van der Waals surface area contributed by atoms with Crippen molar-refractivity contribution in [1.29, 1.82) is 0 Å². The maximum absolute atomic E-state index is 11.7. The predicted molar refractivity (Wildman–Crippen MR) is 84.4 cm³/mol. The number of anilines is 2. The van der Waals surface area contributed by atoms with Gasteiger partial charge in [0.15, 0.2) is 0 Å². The highest BCUT2D eigenvalue weighted by Crippen LogP contribution is 2.25. The van der Waals surface area contributed by atoms with Crippen molar-refractivity contribution >= 4 is 17.5 Å². The summed E-state index contributed by atoms with van der Waals surface area (Å²) in [6.07, 6.45) is 4.71. The lowest BCUT2D eigenvalue weighted by Crippen LogP contribution is -2.48. The highest BCUT2D eigenvalue weighted by atomic mass is 16.1. The summed E-state index contributed by atoms with van der Waals surface area (Å²) in [5, 5.41) is 3.30. The molecular formula is C15H25N5O. The molecule has 0 aliphatic carbocycles. The number of amides is 1. The summed E-state index contributed by atoms with van der Waals surface area (Å²) in [5.74, 6) is 2.16. The van der Waals surface area contributed by atoms with Gasteiger partial charge in [0.2, 0.25) is 5.91 Å². The fraction of sp³-hybridized carbons (Fsp3) is 0.667. The molecule has 1 unspecified atom stereocenters. The number of piperidine rings is 1. The second-order valence-electron chi connectivity index (χ2n) is 5.42. The van der Waals surface area contributed by atoms with E-state index in [-0.39, 0.29) is 11.9 Å². The van der Waals surface area contributed by atoms with E-state index in [1.807, 2.05) is 17.9 Å². The predicted octanol–water partition coefficient (Wildman–Crippen LogP) is 1.71. The summed E-state index contributed by atoms with van der Waals surface area (Å²) in [7, 11) is 0. The summed E-state index contributed by atoms with van der Waals surface area (Å²) in [6, 6.07) is 1.67. The molecule has 3 N–H and O–H groups in total. The molecule has 2 heterocycles. The van der Waals surface area contributed by atoms with Gasteiger partial charge in [0.25, 0.3) is 0 Å². The lowest BCUT2D eigenvalue weighted by molar-refractivity contribution is -0.119. The summed E-state index contributed by atoms with van der Waals surface area (Å²) in [6.45, 7) is 5.84. The highest BCUT2D eigenvalue weighted by Gasteiger charge is 2.28. The van der Waals surface area contributed by atoms with Crippen molar-refractivity contribution in [2.45, 2.75) is 52.0 Å². The molecule has 0 radical (unpaired) electrons. The standard InChI is InChI=1S/C15H25N5O/c1-3-8-17-13-10-14(19-12(4-2)18-13)20-9-6-5-7-11(20)15(16)21/h10-11H,3-9H2,1-2H3,(H2,16,21)(H,17,18,19). The minimum Gasteiger partial charge on any atom is -0.370 e. The number of carbonyl (C=O) groups is 1. The van der Waals surface area contributed by atoms with Crippen LogP contribution < -0.4 is 16.0 Å². The lowest BCUT2D eigenvalue weighted by atomic mass is 10.0. The Morgan fingerprint density at radius 1 is 1.43 bits per heavy atom. The van der Waals surface area contributed by atoms with Crippen LogP contribution in [0.25, 0.3) is 0 Å². The van der Waals surface area contributed by atoms with Gasteiger partial charge in [-0.25, -0.2) is 9.97 Å². The van der Waals surface area contributed by atoms with Gasteiger partial charge in [0.1, 0.15) is 23.5 Å². The third-order valence-corrected chi connectivity index (χ3v) is 3.76. The van der Waals surface area contributed by atoms with Crippen molar-refractivity contribution in [3.05, 3.63) is 11.9 Å². The molecule has 0 saturated carbocycles. The number of nitrogens with zero attached hydrogens (tertiary/aromatic N) is 3. The first-order chi connectivity index (χ1) is 10.2. The van der Waals surface area contributed by atoms with Gasteiger partial charge in [0.05, 0.1) is 0 Å². The van der Waals surface area contributed by atoms with Crippen LogP contribution >= 0.6 is 0 Å². The molecule has 1 aliphatic heterocycles. The average Bonchev–Trinajstić information content (AvgIpc) is 2.52. The topological polar surface area (TPSA) is 84.1 Å². The molecule has 1 fully saturated rings. The number of primary amides is 1. The summed E-state index contributed by atoms with van der Waals surface area (Å²) in [5.41, 5.74) is 5.54. The maximum atomic E-state index is 11.7. The molecule has 1 atom stereocenters. The first-order valence-corrected chi connectivity index (χ1v) is 7.83. The number of aryl methyl sites for hydroxylation is 1. The molecule has 0 aromatic carbocycles. The van der Waals surface area contributed by atoms with Crippen LogP contribution in [0, 0.1) is 0 Å². The molecule has 0 bridgehead atoms. The van der Waals surface area contributed by atoms with E-state index in [0.29, 0.717) is 0 Å². The Morgan fingerprint density at radius 2 is 2.24 bits per heavy atom. The van der Waals surface area contributed by atoms with Gasteiger partial charge >= 0.3 is 0 Å². The first kappa shape index (κ1) is 15.5. The number of rotatable bonds is 6. The van der Waals surface area contributed by atoms with E-state index in [9.17, 15) is 4.79 Å². The van der Waals surface area contributed by atoms with Crippen LogP contribution in [0.2, 0.25) is 0 Å². The van der Waals surface area contributed by atoms with Gasteiger partial charge in [-0.1, -0.05) is 13.8 Å². The van der Waals surface area contributed by atoms with Crippen LogP contribution in [0.1, 0.15) is 45.4 Å². The Bertz CT molecular complexity index is 491. The van der Waals surface area contributed by atoms with Crippen LogP contribution in [-0.4, -0.2) is 35.0 Å². The molecule has 1 saturated heterocycles. The van der Waals surface area contributed by atoms with Crippen LogP contribution in [0.15, 0.2) is 6.07 Å². The molecular weight excluding hydrogens is 266 g/mol. The number of hydrogen-bond acceptors (Lipinski definition) is 5. The second-order valence-corrected chi connectivity index (χ2v) is 5.42. The fourth-order valence-electron chi connectivity index (χ4n) is 2.63. The van der Waals surface area contributed by atoms with E-state index in [1.54, 1.807) is 0 Å². The van der Waals surface area contributed by atoms with Crippen molar-refractivity contribution in [2.24, 2.45) is 5.73 Å². The van der Waals surface area contributed by atoms with Gasteiger partial charge in [-0.2, -0.15) is 0 Å². The normalized spacial score (nSPS) is 18.6. The smallest absolute Gasteiger partial charge is 0.240 e. The van der Waals surface area contributed by atoms with Gasteiger partial charge in [-0.15, -0.1) is 0 Å². The minimum absolute atomic E-state index is 0.252. The molecule has 2 rings (SSSR count). The molecule has 1 aromatic heterocycles. The minimum atomic E-state index is -0.269. The van der Waals surface area contributed by atoms with Crippen molar-refractivity contribution in [1.82, 2.24) is 9.97 Å². The molecule has 1 aromatic rings. The van der Waals surface area contributed by atoms with E-state index < -0.39 is 0 Å². The van der Waals surface area contributed by atoms with Gasteiger partial charge in [0, 0.05) is 25.6 Å². The van der Waals surface area contributed by atoms with Crippen LogP contribution in [0.5, 0.6) is 0 Å². The van der Waals surface area contributed by atoms with Crippen LogP contribution in [0.3, 0.4) is 0 Å². The number of nitrogens with one attached hydrogen (secondary N) is 1. The average molecular weight is 291 g/mol. The van der Waals surface area contributed by atoms with Gasteiger partial charge in [-0.05, 0) is 25.7 Å². The number of aromatic nitrogens is 2. The molecule has 1 amide bonds. The van der Waals surface area contributed by atoms with Gasteiger partial charge in [-0.3, -0.25) is 4.79 Å². The second kappa shape index (κ2) is 7.24. The van der Waals surface area contributed by atoms with E-state index >= 15 is 0 Å². The highest BCUT2D eigenvalue weighted by molar-refractivity contribution is 5.83. The van der Waals surface area contributed by atoms with Crippen molar-refractivity contribution < 1.29 is 4.79 Å². The zero-order valence-electron chi connectivity index (χ0n) is 12.9. The Kier molecular flexibility index (Phi) is 5.36. The molecule has 1 aliphatic rings. The van der Waals surface area contributed by atoms with Crippen molar-refractivity contribution in [3.8, 4) is 0 Å². The quantitative estimate of drug-likeness (QED) is 0.833. The third-order valence-electron chi connectivity index (χ3n) is 3.76. The van der Waals surface area contributed by atoms with E-state index in [0.717, 1.165) is 62.7 Å². The molecule has 116 valence electrons. The zero-order valence-corrected chi connectivity index (χ0v) is 12.9. The molecule has 6 heteroatoms. The Morgan fingerprint density at radius 3 is 2.90 bits per heavy atom. The first-order valence-electron chi connectivity index (χ1n) is 7.83. The van der Waals surface area contributed by atoms with E-state index in [1.165, 1.54) is 0 Å². The largest absolute Gasteiger partial charge is 0.370 e. The fourth-order valence-corrected chi connectivity index (χ4v) is 2.63. The molecule has 0 spiro atoms. The van der Waals surface area contributed by atoms with Crippen LogP contribution in [-0.2, 0) is 11.2 Å². The summed E-state index contributed by atoms with van der Waals surface area (Å²) < 4.78 is 0. The monoisotopic (exact) mass is 291 g/mol. The molecule has 6 nitrogen and oxygen atoms in total. The summed E-state index contributed by atoms with van der Waals surface area (Å²) in [4.78, 5) is 22.8. The number of carbonyl (C=O) groups excluding carboxylic acids is 1. The van der Waals surface area contributed by atoms with E-state index in [4.69, 9.17) is 5.73 Å². The SMILES string of the molecule is CCCNc1cc(N2CCCCC2C(N)=O)nc(CC)n1. The van der Waals surface area contributed by atoms with E-state index in [2.05, 4.69) is 22.2 Å². The summed E-state index contributed by atoms with van der Waals surface area (Å²) >= 11 is 0. The van der Waals surface area contributed by atoms with Gasteiger partial charge < -0.3 is 16.0 Å². The van der Waals surface area contributed by atoms with Crippen molar-refractivity contribution in [2.75, 3.05) is 23.3 Å². The Balaban J connectivity index is 2.29. The third kappa shape index (κ3) is 3.83.